The maximum Gasteiger partial charge on any atom is 0.115 e. The highest BCUT2D eigenvalue weighted by molar-refractivity contribution is 5.16. The number of azide groups is 1. The minimum Gasteiger partial charge on any atom is -0.394 e. The molecular weight excluding hydrogens is 622 g/mol. The second-order valence-corrected chi connectivity index (χ2v) is 12.1. The highest BCUT2D eigenvalue weighted by Crippen LogP contribution is 2.33. The lowest BCUT2D eigenvalue weighted by Crippen LogP contribution is -2.61. The fraction of sp³-hybridized carbons (Fsp3) is 0.385. The molecule has 4 aromatic carbocycles. The average molecular weight is 668 g/mol. The molecule has 1 saturated heterocycles. The summed E-state index contributed by atoms with van der Waals surface area (Å²) in [6, 6.07) is 38.8. The monoisotopic (exact) mass is 667 g/mol. The summed E-state index contributed by atoms with van der Waals surface area (Å²) in [7, 11) is 0. The molecule has 0 amide bonds. The fourth-order valence-electron chi connectivity index (χ4n) is 5.97. The molecule has 10 heteroatoms. The summed E-state index contributed by atoms with van der Waals surface area (Å²) in [5.74, 6) is 0. The lowest BCUT2D eigenvalue weighted by atomic mass is 9.90. The van der Waals surface area contributed by atoms with E-state index in [1.54, 1.807) is 0 Å². The molecule has 258 valence electrons. The first-order chi connectivity index (χ1) is 24.1. The Morgan fingerprint density at radius 3 is 1.51 bits per heavy atom. The van der Waals surface area contributed by atoms with Crippen LogP contribution >= 0.6 is 0 Å². The van der Waals surface area contributed by atoms with E-state index in [0.717, 1.165) is 22.3 Å². The zero-order valence-corrected chi connectivity index (χ0v) is 27.5. The van der Waals surface area contributed by atoms with Crippen LogP contribution in [0.4, 0.5) is 0 Å². The van der Waals surface area contributed by atoms with Gasteiger partial charge in [-0.2, -0.15) is 0 Å². The van der Waals surface area contributed by atoms with Gasteiger partial charge in [-0.1, -0.05) is 126 Å². The van der Waals surface area contributed by atoms with E-state index in [9.17, 15) is 15.7 Å². The van der Waals surface area contributed by atoms with E-state index in [1.807, 2.05) is 121 Å². The number of nitrogens with zero attached hydrogens (tertiary/aromatic N) is 3. The maximum atomic E-state index is 10.4. The SMILES string of the molecule is [N-]=[N+]=N[C@@H](CC[C@H]1O[C@H](COCc2ccccc2)[C@H](OCc2ccccc2)[C@H](OCc2ccccc2)[C@H]1OCc1ccccc1)[C@H](O)CO. The van der Waals surface area contributed by atoms with Crippen LogP contribution in [0.1, 0.15) is 35.1 Å². The largest absolute Gasteiger partial charge is 0.394 e. The van der Waals surface area contributed by atoms with Crippen molar-refractivity contribution in [2.75, 3.05) is 13.2 Å². The highest BCUT2D eigenvalue weighted by atomic mass is 16.6. The van der Waals surface area contributed by atoms with Crippen LogP contribution in [0.5, 0.6) is 0 Å². The molecule has 0 saturated carbocycles. The van der Waals surface area contributed by atoms with Gasteiger partial charge in [0.15, 0.2) is 0 Å². The minimum atomic E-state index is -1.21. The standard InChI is InChI=1S/C39H45N3O7/c40-42-41-33(34(44)23-43)21-22-35-37(46-25-30-15-7-2-8-16-30)39(48-27-32-19-11-4-12-20-32)38(47-26-31-17-9-3-10-18-31)36(49-35)28-45-24-29-13-5-1-6-14-29/h1-20,33-39,43-44H,21-28H2/t33-,34+,35+,36+,37-,38-,39+/m0/s1. The lowest BCUT2D eigenvalue weighted by molar-refractivity contribution is -0.273. The first-order valence-corrected chi connectivity index (χ1v) is 16.7. The number of hydrogen-bond donors (Lipinski definition) is 2. The van der Waals surface area contributed by atoms with E-state index in [4.69, 9.17) is 23.7 Å². The average Bonchev–Trinajstić information content (AvgIpc) is 3.16. The van der Waals surface area contributed by atoms with E-state index < -0.39 is 49.3 Å². The topological polar surface area (TPSA) is 135 Å². The Hall–Kier alpha value is -4.09. The molecule has 1 aliphatic heterocycles. The smallest absolute Gasteiger partial charge is 0.115 e. The first kappa shape index (κ1) is 36.2. The summed E-state index contributed by atoms with van der Waals surface area (Å²) < 4.78 is 33.2. The Morgan fingerprint density at radius 1 is 0.633 bits per heavy atom. The van der Waals surface area contributed by atoms with Crippen LogP contribution in [-0.4, -0.2) is 66.1 Å². The second-order valence-electron chi connectivity index (χ2n) is 12.1. The maximum absolute atomic E-state index is 10.4. The molecule has 5 rings (SSSR count). The van der Waals surface area contributed by atoms with Crippen molar-refractivity contribution >= 4 is 0 Å². The van der Waals surface area contributed by atoms with E-state index in [1.165, 1.54) is 0 Å². The van der Waals surface area contributed by atoms with E-state index >= 15 is 0 Å². The quantitative estimate of drug-likeness (QED) is 0.0659. The van der Waals surface area contributed by atoms with Crippen LogP contribution < -0.4 is 0 Å². The molecule has 1 heterocycles. The molecule has 0 bridgehead atoms. The van der Waals surface area contributed by atoms with E-state index in [0.29, 0.717) is 32.8 Å². The van der Waals surface area contributed by atoms with Crippen molar-refractivity contribution in [1.29, 1.82) is 0 Å². The molecule has 0 spiro atoms. The van der Waals surface area contributed by atoms with Crippen LogP contribution in [0.2, 0.25) is 0 Å². The molecule has 7 atom stereocenters. The van der Waals surface area contributed by atoms with Crippen molar-refractivity contribution in [2.45, 2.75) is 81.9 Å². The Labute approximate surface area is 287 Å². The van der Waals surface area contributed by atoms with Gasteiger partial charge in [0.25, 0.3) is 0 Å². The number of ether oxygens (including phenoxy) is 5. The molecule has 2 N–H and O–H groups in total. The second kappa shape index (κ2) is 19.8. The van der Waals surface area contributed by atoms with Gasteiger partial charge in [-0.3, -0.25) is 0 Å². The summed E-state index contributed by atoms with van der Waals surface area (Å²) in [6.45, 7) is 1.03. The molecule has 1 fully saturated rings. The fourth-order valence-corrected chi connectivity index (χ4v) is 5.97. The molecule has 1 aliphatic rings. The zero-order valence-electron chi connectivity index (χ0n) is 27.5. The van der Waals surface area contributed by atoms with Gasteiger partial charge in [0.05, 0.1) is 57.9 Å². The Bertz CT molecular complexity index is 1530. The molecular formula is C39H45N3O7. The summed E-state index contributed by atoms with van der Waals surface area (Å²) >= 11 is 0. The molecule has 0 aliphatic carbocycles. The predicted molar refractivity (Wildman–Crippen MR) is 185 cm³/mol. The summed E-state index contributed by atoms with van der Waals surface area (Å²) in [5.41, 5.74) is 13.2. The number of rotatable bonds is 19. The molecule has 10 nitrogen and oxygen atoms in total. The van der Waals surface area contributed by atoms with Crippen molar-refractivity contribution in [3.05, 3.63) is 154 Å². The van der Waals surface area contributed by atoms with E-state index in [-0.39, 0.29) is 13.0 Å². The third-order valence-electron chi connectivity index (χ3n) is 8.56. The van der Waals surface area contributed by atoms with Crippen LogP contribution in [-0.2, 0) is 50.1 Å². The normalized spacial score (nSPS) is 21.8. The van der Waals surface area contributed by atoms with Gasteiger partial charge in [0.1, 0.15) is 24.4 Å². The van der Waals surface area contributed by atoms with E-state index in [2.05, 4.69) is 10.0 Å². The zero-order chi connectivity index (χ0) is 34.1. The summed E-state index contributed by atoms with van der Waals surface area (Å²) in [4.78, 5) is 2.91. The van der Waals surface area contributed by atoms with Crippen molar-refractivity contribution in [2.24, 2.45) is 5.11 Å². The first-order valence-electron chi connectivity index (χ1n) is 16.7. The van der Waals surface area contributed by atoms with Crippen LogP contribution in [0.15, 0.2) is 126 Å². The van der Waals surface area contributed by atoms with Gasteiger partial charge >= 0.3 is 0 Å². The predicted octanol–water partition coefficient (Wildman–Crippen LogP) is 6.54. The molecule has 0 unspecified atom stereocenters. The molecule has 0 radical (unpaired) electrons. The molecule has 4 aromatic rings. The third-order valence-corrected chi connectivity index (χ3v) is 8.56. The van der Waals surface area contributed by atoms with Gasteiger partial charge < -0.3 is 33.9 Å². The molecule has 0 aromatic heterocycles. The number of benzene rings is 4. The summed E-state index contributed by atoms with van der Waals surface area (Å²) in [5, 5.41) is 23.8. The highest BCUT2D eigenvalue weighted by Gasteiger charge is 2.48. The number of aliphatic hydroxyl groups excluding tert-OH is 2. The van der Waals surface area contributed by atoms with Crippen LogP contribution in [0, 0.1) is 0 Å². The van der Waals surface area contributed by atoms with Crippen LogP contribution in [0.3, 0.4) is 0 Å². The van der Waals surface area contributed by atoms with Gasteiger partial charge in [-0.15, -0.1) is 0 Å². The van der Waals surface area contributed by atoms with Crippen molar-refractivity contribution in [3.63, 3.8) is 0 Å². The Morgan fingerprint density at radius 2 is 1.06 bits per heavy atom. The van der Waals surface area contributed by atoms with Gasteiger partial charge in [0, 0.05) is 4.91 Å². The van der Waals surface area contributed by atoms with Crippen LogP contribution in [0.25, 0.3) is 10.4 Å². The number of aliphatic hydroxyl groups is 2. The van der Waals surface area contributed by atoms with Gasteiger partial charge in [-0.05, 0) is 40.6 Å². The van der Waals surface area contributed by atoms with Crippen molar-refractivity contribution < 1.29 is 33.9 Å². The van der Waals surface area contributed by atoms with Gasteiger partial charge in [-0.25, -0.2) is 0 Å². The minimum absolute atomic E-state index is 0.223. The van der Waals surface area contributed by atoms with Crippen molar-refractivity contribution in [1.82, 2.24) is 0 Å². The Kier molecular flexibility index (Phi) is 14.6. The number of hydrogen-bond acceptors (Lipinski definition) is 8. The lowest BCUT2D eigenvalue weighted by Gasteiger charge is -2.46. The van der Waals surface area contributed by atoms with Crippen molar-refractivity contribution in [3.8, 4) is 0 Å². The molecule has 49 heavy (non-hydrogen) atoms. The van der Waals surface area contributed by atoms with Gasteiger partial charge in [0.2, 0.25) is 0 Å². The Balaban J connectivity index is 1.46. The third kappa shape index (κ3) is 11.2. The summed E-state index contributed by atoms with van der Waals surface area (Å²) in [6.07, 6.45) is -3.46.